The van der Waals surface area contributed by atoms with Crippen LogP contribution in [0.1, 0.15) is 30.4 Å². The molecular formula is C25H29F3N2O4. The van der Waals surface area contributed by atoms with Crippen LogP contribution in [0.2, 0.25) is 0 Å². The monoisotopic (exact) mass is 478 g/mol. The molecule has 2 fully saturated rings. The van der Waals surface area contributed by atoms with E-state index in [9.17, 15) is 23.1 Å². The van der Waals surface area contributed by atoms with E-state index in [0.717, 1.165) is 17.7 Å². The lowest BCUT2D eigenvalue weighted by Gasteiger charge is -2.44. The summed E-state index contributed by atoms with van der Waals surface area (Å²) >= 11 is 0. The Labute approximate surface area is 196 Å². The van der Waals surface area contributed by atoms with Crippen LogP contribution >= 0.6 is 0 Å². The van der Waals surface area contributed by atoms with Crippen molar-refractivity contribution in [2.24, 2.45) is 0 Å². The van der Waals surface area contributed by atoms with Crippen LogP contribution in [-0.2, 0) is 27.4 Å². The van der Waals surface area contributed by atoms with Crippen molar-refractivity contribution in [3.8, 4) is 0 Å². The van der Waals surface area contributed by atoms with E-state index in [1.807, 2.05) is 4.90 Å². The minimum Gasteiger partial charge on any atom is -0.389 e. The minimum atomic E-state index is -0.757. The molecule has 2 N–H and O–H groups in total. The molecule has 2 heterocycles. The highest BCUT2D eigenvalue weighted by Gasteiger charge is 2.38. The number of fused-ring (bicyclic) bond motifs is 1. The molecule has 6 nitrogen and oxygen atoms in total. The van der Waals surface area contributed by atoms with E-state index in [2.05, 4.69) is 5.32 Å². The summed E-state index contributed by atoms with van der Waals surface area (Å²) in [7, 11) is 0. The number of aliphatic hydroxyl groups excluding tert-OH is 1. The van der Waals surface area contributed by atoms with Gasteiger partial charge in [0.2, 0.25) is 5.91 Å². The van der Waals surface area contributed by atoms with Crippen LogP contribution in [0.15, 0.2) is 42.5 Å². The third-order valence-electron chi connectivity index (χ3n) is 6.28. The maximum absolute atomic E-state index is 14.3. The highest BCUT2D eigenvalue weighted by atomic mass is 19.1. The highest BCUT2D eigenvalue weighted by molar-refractivity contribution is 5.76. The highest BCUT2D eigenvalue weighted by Crippen LogP contribution is 2.29. The quantitative estimate of drug-likeness (QED) is 0.668. The molecule has 9 heteroatoms. The summed E-state index contributed by atoms with van der Waals surface area (Å²) in [6.07, 6.45) is -0.00169. The first-order valence-corrected chi connectivity index (χ1v) is 11.5. The van der Waals surface area contributed by atoms with E-state index in [-0.39, 0.29) is 68.3 Å². The number of hydrogen-bond acceptors (Lipinski definition) is 5. The number of aliphatic hydroxyl groups is 1. The number of benzene rings is 2. The zero-order chi connectivity index (χ0) is 24.1. The smallest absolute Gasteiger partial charge is 0.222 e. The van der Waals surface area contributed by atoms with Crippen LogP contribution in [0.25, 0.3) is 0 Å². The fourth-order valence-corrected chi connectivity index (χ4v) is 4.59. The molecule has 0 unspecified atom stereocenters. The van der Waals surface area contributed by atoms with Gasteiger partial charge in [0, 0.05) is 31.2 Å². The summed E-state index contributed by atoms with van der Waals surface area (Å²) in [6, 6.07) is 9.11. The maximum atomic E-state index is 14.3. The zero-order valence-electron chi connectivity index (χ0n) is 18.8. The van der Waals surface area contributed by atoms with Gasteiger partial charge in [-0.25, -0.2) is 13.2 Å². The minimum absolute atomic E-state index is 0.109. The summed E-state index contributed by atoms with van der Waals surface area (Å²) in [5.74, 6) is -1.52. The van der Waals surface area contributed by atoms with Crippen molar-refractivity contribution in [2.45, 2.75) is 56.7 Å². The van der Waals surface area contributed by atoms with E-state index in [1.165, 1.54) is 18.2 Å². The van der Waals surface area contributed by atoms with Crippen LogP contribution in [0, 0.1) is 17.5 Å². The average molecular weight is 479 g/mol. The molecule has 0 aliphatic carbocycles. The normalized spacial score (nSPS) is 25.8. The Morgan fingerprint density at radius 3 is 2.62 bits per heavy atom. The summed E-state index contributed by atoms with van der Waals surface area (Å²) in [4.78, 5) is 14.4. The van der Waals surface area contributed by atoms with Gasteiger partial charge in [-0.1, -0.05) is 12.1 Å². The molecule has 4 rings (SSSR count). The van der Waals surface area contributed by atoms with Crippen LogP contribution in [0.5, 0.6) is 0 Å². The number of rotatable bonds is 6. The molecule has 0 saturated carbocycles. The largest absolute Gasteiger partial charge is 0.389 e. The van der Waals surface area contributed by atoms with E-state index in [1.54, 1.807) is 12.1 Å². The Bertz CT molecular complexity index is 975. The van der Waals surface area contributed by atoms with E-state index in [0.29, 0.717) is 19.4 Å². The molecule has 4 atom stereocenters. The Balaban J connectivity index is 1.36. The van der Waals surface area contributed by atoms with Crippen molar-refractivity contribution in [2.75, 3.05) is 19.8 Å². The third-order valence-corrected chi connectivity index (χ3v) is 6.28. The molecule has 2 aliphatic rings. The first-order valence-electron chi connectivity index (χ1n) is 11.5. The molecule has 2 aromatic carbocycles. The van der Waals surface area contributed by atoms with Gasteiger partial charge in [-0.05, 0) is 48.7 Å². The van der Waals surface area contributed by atoms with Gasteiger partial charge in [0.25, 0.3) is 0 Å². The van der Waals surface area contributed by atoms with Gasteiger partial charge in [0.15, 0.2) is 0 Å². The predicted octanol–water partition coefficient (Wildman–Crippen LogP) is 2.92. The molecule has 1 amide bonds. The predicted molar refractivity (Wildman–Crippen MR) is 118 cm³/mol. The van der Waals surface area contributed by atoms with E-state index in [4.69, 9.17) is 9.47 Å². The summed E-state index contributed by atoms with van der Waals surface area (Å²) < 4.78 is 52.8. The lowest BCUT2D eigenvalue weighted by molar-refractivity contribution is -0.158. The third kappa shape index (κ3) is 6.56. The van der Waals surface area contributed by atoms with Gasteiger partial charge in [0.05, 0.1) is 37.9 Å². The number of halogens is 3. The Kier molecular flexibility index (Phi) is 8.20. The Hall–Kier alpha value is -2.46. The summed E-state index contributed by atoms with van der Waals surface area (Å²) in [6.45, 7) is 1.01. The molecule has 0 spiro atoms. The second-order valence-corrected chi connectivity index (χ2v) is 8.91. The van der Waals surface area contributed by atoms with Crippen molar-refractivity contribution in [3.05, 3.63) is 71.0 Å². The van der Waals surface area contributed by atoms with E-state index < -0.39 is 17.7 Å². The maximum Gasteiger partial charge on any atom is 0.222 e. The second-order valence-electron chi connectivity index (χ2n) is 8.91. The summed E-state index contributed by atoms with van der Waals surface area (Å²) in [5.41, 5.74) is 1.02. The van der Waals surface area contributed by atoms with Crippen molar-refractivity contribution in [1.29, 1.82) is 0 Å². The number of carbonyl (C=O) groups is 1. The van der Waals surface area contributed by atoms with Crippen LogP contribution in [0.3, 0.4) is 0 Å². The van der Waals surface area contributed by atoms with Crippen LogP contribution < -0.4 is 5.32 Å². The van der Waals surface area contributed by atoms with Gasteiger partial charge >= 0.3 is 0 Å². The fraction of sp³-hybridized carbons (Fsp3) is 0.480. The van der Waals surface area contributed by atoms with Gasteiger partial charge in [-0.2, -0.15) is 0 Å². The SMILES string of the molecule is O=C(C[C@@H]1CC[C@H]2[C@@H](COC[C@@H](O)CN2Cc2cc(F)ccc2F)O1)NCc1ccc(F)cc1. The molecule has 2 saturated heterocycles. The molecule has 34 heavy (non-hydrogen) atoms. The number of amides is 1. The second kappa shape index (κ2) is 11.3. The van der Waals surface area contributed by atoms with Gasteiger partial charge < -0.3 is 19.9 Å². The van der Waals surface area contributed by atoms with Gasteiger partial charge in [-0.15, -0.1) is 0 Å². The zero-order valence-corrected chi connectivity index (χ0v) is 18.8. The standard InChI is InChI=1S/C25H29F3N2O4/c26-18-3-1-16(2-4-18)11-29-25(32)10-21-6-8-23-24(34-21)15-33-14-20(31)13-30(23)12-17-9-19(27)5-7-22(17)28/h1-5,7,9,20-21,23-24,31H,6,8,10-15H2,(H,29,32)/t20-,21-,23-,24+/m0/s1. The molecule has 0 radical (unpaired) electrons. The first-order chi connectivity index (χ1) is 16.4. The van der Waals surface area contributed by atoms with Crippen LogP contribution in [0.4, 0.5) is 13.2 Å². The molecule has 184 valence electrons. The first kappa shape index (κ1) is 24.7. The van der Waals surface area contributed by atoms with Crippen LogP contribution in [-0.4, -0.2) is 60.0 Å². The average Bonchev–Trinajstić information content (AvgIpc) is 2.80. The number of ether oxygens (including phenoxy) is 2. The van der Waals surface area contributed by atoms with Crippen molar-refractivity contribution >= 4 is 5.91 Å². The molecule has 0 bridgehead atoms. The molecule has 0 aromatic heterocycles. The summed E-state index contributed by atoms with van der Waals surface area (Å²) in [5, 5.41) is 13.1. The Morgan fingerprint density at radius 1 is 1.06 bits per heavy atom. The number of carbonyl (C=O) groups excluding carboxylic acids is 1. The van der Waals surface area contributed by atoms with Crippen molar-refractivity contribution in [3.63, 3.8) is 0 Å². The van der Waals surface area contributed by atoms with Crippen molar-refractivity contribution in [1.82, 2.24) is 10.2 Å². The fourth-order valence-electron chi connectivity index (χ4n) is 4.59. The number of nitrogens with zero attached hydrogens (tertiary/aromatic N) is 1. The molecule has 2 aliphatic heterocycles. The number of nitrogens with one attached hydrogen (secondary N) is 1. The lowest BCUT2D eigenvalue weighted by atomic mass is 9.94. The molecule has 2 aromatic rings. The topological polar surface area (TPSA) is 71.0 Å². The number of hydrogen-bond donors (Lipinski definition) is 2. The number of β-amino-alcohol motifs (C(OH)–C–C–N with tert-alkyl or cyclic N) is 1. The Morgan fingerprint density at radius 2 is 1.82 bits per heavy atom. The lowest BCUT2D eigenvalue weighted by Crippen LogP contribution is -2.55. The van der Waals surface area contributed by atoms with Gasteiger partial charge in [-0.3, -0.25) is 9.69 Å². The van der Waals surface area contributed by atoms with E-state index >= 15 is 0 Å². The molecular weight excluding hydrogens is 449 g/mol. The van der Waals surface area contributed by atoms with Crippen molar-refractivity contribution < 1.29 is 32.5 Å². The van der Waals surface area contributed by atoms with Gasteiger partial charge in [0.1, 0.15) is 17.5 Å².